The van der Waals surface area contributed by atoms with Crippen molar-refractivity contribution < 1.29 is 0 Å². The number of hydrogen-bond donors (Lipinski definition) is 0. The van der Waals surface area contributed by atoms with Gasteiger partial charge in [-0.3, -0.25) is 0 Å². The van der Waals surface area contributed by atoms with E-state index < -0.39 is 14.1 Å². The second-order valence-electron chi connectivity index (χ2n) is 10.1. The molecule has 0 unspecified atom stereocenters. The molecule has 6 aromatic carbocycles. The molecule has 0 fully saturated rings. The minimum Gasteiger partial charge on any atom is -0.195 e. The summed E-state index contributed by atoms with van der Waals surface area (Å²) in [6.45, 7) is 0. The average molecular weight is 517 g/mol. The normalized spacial score (nSPS) is 11.4. The molecule has 0 aliphatic carbocycles. The van der Waals surface area contributed by atoms with Gasteiger partial charge in [-0.15, -0.1) is 0 Å². The third kappa shape index (κ3) is 5.11. The van der Waals surface area contributed by atoms with E-state index in [1.807, 2.05) is 0 Å². The van der Waals surface area contributed by atoms with Crippen LogP contribution in [0.3, 0.4) is 0 Å². The van der Waals surface area contributed by atoms with Gasteiger partial charge >= 0.3 is 0 Å². The van der Waals surface area contributed by atoms with Gasteiger partial charge in [0.1, 0.15) is 6.15 Å². The summed E-state index contributed by atoms with van der Waals surface area (Å²) in [4.78, 5) is 0. The fourth-order valence-electron chi connectivity index (χ4n) is 6.02. The molecule has 0 saturated heterocycles. The van der Waals surface area contributed by atoms with Crippen LogP contribution in [0.1, 0.15) is 5.56 Å². The molecular weight excluding hydrogens is 486 g/mol. The van der Waals surface area contributed by atoms with Crippen molar-refractivity contribution in [3.63, 3.8) is 0 Å². The molecule has 0 nitrogen and oxygen atoms in total. The van der Waals surface area contributed by atoms with E-state index in [0.717, 1.165) is 6.16 Å². The summed E-state index contributed by atoms with van der Waals surface area (Å²) in [7, 11) is -0.491. The van der Waals surface area contributed by atoms with Crippen molar-refractivity contribution in [3.05, 3.63) is 181 Å². The van der Waals surface area contributed by atoms with E-state index in [1.165, 1.54) is 38.0 Å². The Balaban J connectivity index is 1.47. The van der Waals surface area contributed by atoms with Crippen LogP contribution in [0.25, 0.3) is 0 Å². The van der Waals surface area contributed by atoms with E-state index in [1.54, 1.807) is 0 Å². The molecule has 0 radical (unpaired) electrons. The van der Waals surface area contributed by atoms with Gasteiger partial charge in [-0.05, 0) is 24.1 Å². The molecule has 0 bridgehead atoms. The van der Waals surface area contributed by atoms with Gasteiger partial charge in [-0.25, -0.2) is 0 Å². The van der Waals surface area contributed by atoms with Crippen LogP contribution < -0.4 is 32.5 Å². The van der Waals surface area contributed by atoms with Crippen molar-refractivity contribution in [1.82, 2.24) is 0 Å². The van der Waals surface area contributed by atoms with Crippen LogP contribution in [0.5, 0.6) is 0 Å². The van der Waals surface area contributed by atoms with E-state index in [4.69, 9.17) is 0 Å². The third-order valence-corrected chi connectivity index (χ3v) is 10.4. The minimum atomic E-state index is -1.34. The topological polar surface area (TPSA) is 0 Å². The standard InChI is InChI=1S/C37H31BP/c1-6-16-32(17-7-1)38(33-18-8-2-9-19-33,34-20-10-3-11-21-34)35-28-26-31(27-29-35)30-39(36-22-12-4-13-23-36)37-24-14-5-15-25-37/h1-29H,30H2/q-1. The summed E-state index contributed by atoms with van der Waals surface area (Å²) < 4.78 is 0. The van der Waals surface area contributed by atoms with Crippen molar-refractivity contribution >= 4 is 46.5 Å². The van der Waals surface area contributed by atoms with E-state index in [9.17, 15) is 0 Å². The van der Waals surface area contributed by atoms with Crippen LogP contribution >= 0.6 is 7.92 Å². The second kappa shape index (κ2) is 11.7. The SMILES string of the molecule is c1ccc(P(Cc2ccc([B-](c3ccccc3)(c3ccccc3)c3ccccc3)cc2)c2ccccc2)cc1. The Morgan fingerprint density at radius 3 is 1.00 bits per heavy atom. The number of hydrogen-bond acceptors (Lipinski definition) is 0. The van der Waals surface area contributed by atoms with Gasteiger partial charge in [0.15, 0.2) is 0 Å². The van der Waals surface area contributed by atoms with Crippen LogP contribution in [-0.4, -0.2) is 6.15 Å². The molecule has 0 aromatic heterocycles. The summed E-state index contributed by atoms with van der Waals surface area (Å²) in [6.07, 6.45) is -0.325. The van der Waals surface area contributed by atoms with Crippen molar-refractivity contribution in [1.29, 1.82) is 0 Å². The Kier molecular flexibility index (Phi) is 7.53. The molecule has 0 atom stereocenters. The maximum Gasteiger partial charge on any atom is 0.108 e. The summed E-state index contributed by atoms with van der Waals surface area (Å²) in [5.74, 6) is 0. The lowest BCUT2D eigenvalue weighted by Crippen LogP contribution is -2.74. The highest BCUT2D eigenvalue weighted by atomic mass is 31.1. The minimum absolute atomic E-state index is 0.491. The number of benzene rings is 6. The summed E-state index contributed by atoms with van der Waals surface area (Å²) in [5, 5.41) is 2.83. The van der Waals surface area contributed by atoms with Crippen LogP contribution in [-0.2, 0) is 6.16 Å². The van der Waals surface area contributed by atoms with Crippen molar-refractivity contribution in [3.8, 4) is 0 Å². The molecule has 0 N–H and O–H groups in total. The van der Waals surface area contributed by atoms with E-state index in [2.05, 4.69) is 176 Å². The lowest BCUT2D eigenvalue weighted by Gasteiger charge is -2.44. The Morgan fingerprint density at radius 1 is 0.333 bits per heavy atom. The fraction of sp³-hybridized carbons (Fsp3) is 0.0270. The van der Waals surface area contributed by atoms with Gasteiger partial charge in [-0.2, -0.15) is 21.9 Å². The predicted molar refractivity (Wildman–Crippen MR) is 173 cm³/mol. The lowest BCUT2D eigenvalue weighted by atomic mass is 9.13. The zero-order valence-electron chi connectivity index (χ0n) is 22.0. The lowest BCUT2D eigenvalue weighted by molar-refractivity contribution is 1.41. The van der Waals surface area contributed by atoms with Crippen LogP contribution in [0, 0.1) is 0 Å². The Labute approximate surface area is 233 Å². The van der Waals surface area contributed by atoms with Crippen molar-refractivity contribution in [2.75, 3.05) is 0 Å². The summed E-state index contributed by atoms with van der Waals surface area (Å²) >= 11 is 0. The maximum atomic E-state index is 2.38. The van der Waals surface area contributed by atoms with Gasteiger partial charge < -0.3 is 0 Å². The average Bonchev–Trinajstić information content (AvgIpc) is 3.03. The second-order valence-corrected chi connectivity index (χ2v) is 12.3. The van der Waals surface area contributed by atoms with Gasteiger partial charge in [0.25, 0.3) is 0 Å². The van der Waals surface area contributed by atoms with Crippen LogP contribution in [0.4, 0.5) is 0 Å². The van der Waals surface area contributed by atoms with E-state index >= 15 is 0 Å². The van der Waals surface area contributed by atoms with Crippen LogP contribution in [0.2, 0.25) is 0 Å². The summed E-state index contributed by atoms with van der Waals surface area (Å²) in [5.41, 5.74) is 6.71. The van der Waals surface area contributed by atoms with E-state index in [-0.39, 0.29) is 0 Å². The molecule has 39 heavy (non-hydrogen) atoms. The largest absolute Gasteiger partial charge is 0.195 e. The molecular formula is C37H31BP-. The Hall–Kier alpha value is -4.19. The maximum absolute atomic E-state index is 2.38. The highest BCUT2D eigenvalue weighted by Crippen LogP contribution is 2.37. The molecule has 0 saturated carbocycles. The smallest absolute Gasteiger partial charge is 0.108 e. The highest BCUT2D eigenvalue weighted by Gasteiger charge is 2.31. The van der Waals surface area contributed by atoms with Gasteiger partial charge in [0.05, 0.1) is 0 Å². The first-order chi connectivity index (χ1) is 19.4. The van der Waals surface area contributed by atoms with Gasteiger partial charge in [0.2, 0.25) is 0 Å². The molecule has 0 aliphatic rings. The molecule has 6 rings (SSSR count). The van der Waals surface area contributed by atoms with Crippen molar-refractivity contribution in [2.45, 2.75) is 6.16 Å². The molecule has 0 aliphatic heterocycles. The van der Waals surface area contributed by atoms with Gasteiger partial charge in [-0.1, -0.05) is 176 Å². The Bertz CT molecular complexity index is 1450. The zero-order chi connectivity index (χ0) is 26.3. The van der Waals surface area contributed by atoms with Gasteiger partial charge in [0, 0.05) is 6.16 Å². The zero-order valence-corrected chi connectivity index (χ0v) is 22.9. The molecule has 6 aromatic rings. The predicted octanol–water partition coefficient (Wildman–Crippen LogP) is 5.70. The first-order valence-corrected chi connectivity index (χ1v) is 15.2. The van der Waals surface area contributed by atoms with Crippen LogP contribution in [0.15, 0.2) is 176 Å². The fourth-order valence-corrected chi connectivity index (χ4v) is 8.32. The molecule has 0 amide bonds. The highest BCUT2D eigenvalue weighted by molar-refractivity contribution is 7.72. The Morgan fingerprint density at radius 2 is 0.641 bits per heavy atom. The monoisotopic (exact) mass is 517 g/mol. The van der Waals surface area contributed by atoms with Crippen molar-refractivity contribution in [2.24, 2.45) is 0 Å². The molecule has 0 heterocycles. The third-order valence-electron chi connectivity index (χ3n) is 7.85. The first-order valence-electron chi connectivity index (χ1n) is 13.6. The molecule has 188 valence electrons. The molecule has 2 heteroatoms. The first kappa shape index (κ1) is 25.1. The summed E-state index contributed by atoms with van der Waals surface area (Å²) in [6, 6.07) is 64.5. The number of rotatable bonds is 8. The van der Waals surface area contributed by atoms with E-state index in [0.29, 0.717) is 0 Å². The molecule has 0 spiro atoms. The quantitative estimate of drug-likeness (QED) is 0.180.